The molecule has 5 heteroatoms. The van der Waals surface area contributed by atoms with Gasteiger partial charge in [0, 0.05) is 43.3 Å². The zero-order chi connectivity index (χ0) is 20.6. The Morgan fingerprint density at radius 1 is 0.933 bits per heavy atom. The highest BCUT2D eigenvalue weighted by Crippen LogP contribution is 2.30. The fourth-order valence-corrected chi connectivity index (χ4v) is 5.41. The highest BCUT2D eigenvalue weighted by Gasteiger charge is 2.26. The third-order valence-corrected chi connectivity index (χ3v) is 7.18. The van der Waals surface area contributed by atoms with E-state index in [-0.39, 0.29) is 11.8 Å². The first-order valence-electron chi connectivity index (χ1n) is 11.4. The van der Waals surface area contributed by atoms with Crippen molar-refractivity contribution in [2.45, 2.75) is 43.4 Å². The summed E-state index contributed by atoms with van der Waals surface area (Å²) in [5.41, 5.74) is 2.61. The van der Waals surface area contributed by atoms with Gasteiger partial charge in [-0.15, -0.1) is 0 Å². The van der Waals surface area contributed by atoms with E-state index >= 15 is 0 Å². The Kier molecular flexibility index (Phi) is 7.70. The van der Waals surface area contributed by atoms with Crippen LogP contribution in [0.25, 0.3) is 0 Å². The quantitative estimate of drug-likeness (QED) is 0.652. The smallest absolute Gasteiger partial charge is 0.224 e. The van der Waals surface area contributed by atoms with E-state index in [2.05, 4.69) is 50.9 Å². The molecule has 1 unspecified atom stereocenters. The fourth-order valence-electron chi connectivity index (χ4n) is 4.38. The van der Waals surface area contributed by atoms with Crippen LogP contribution >= 0.6 is 11.9 Å². The SMILES string of the molecule is O=C(NCCc1ccccc1)C1CCCN(Sc2ccc(N3CCCCC3)cc2)C1. The molecule has 2 aliphatic heterocycles. The van der Waals surface area contributed by atoms with Crippen LogP contribution in [0, 0.1) is 5.92 Å². The number of benzene rings is 2. The maximum Gasteiger partial charge on any atom is 0.224 e. The van der Waals surface area contributed by atoms with E-state index in [1.165, 1.54) is 48.5 Å². The van der Waals surface area contributed by atoms with Gasteiger partial charge in [0.15, 0.2) is 0 Å². The van der Waals surface area contributed by atoms with Crippen LogP contribution in [0.15, 0.2) is 59.5 Å². The van der Waals surface area contributed by atoms with Crippen molar-refractivity contribution in [1.82, 2.24) is 9.62 Å². The van der Waals surface area contributed by atoms with Crippen molar-refractivity contribution in [3.63, 3.8) is 0 Å². The van der Waals surface area contributed by atoms with Gasteiger partial charge >= 0.3 is 0 Å². The van der Waals surface area contributed by atoms with Gasteiger partial charge in [0.05, 0.1) is 5.92 Å². The number of carbonyl (C=O) groups excluding carboxylic acids is 1. The first kappa shape index (κ1) is 21.3. The van der Waals surface area contributed by atoms with Gasteiger partial charge in [0.1, 0.15) is 0 Å². The molecule has 30 heavy (non-hydrogen) atoms. The van der Waals surface area contributed by atoms with E-state index in [0.29, 0.717) is 6.54 Å². The highest BCUT2D eigenvalue weighted by molar-refractivity contribution is 7.97. The van der Waals surface area contributed by atoms with Crippen LogP contribution in [-0.2, 0) is 11.2 Å². The Hall–Kier alpha value is -1.98. The normalized spacial score (nSPS) is 20.1. The average molecular weight is 424 g/mol. The molecule has 2 saturated heterocycles. The topological polar surface area (TPSA) is 35.6 Å². The van der Waals surface area contributed by atoms with E-state index in [0.717, 1.165) is 32.4 Å². The molecule has 0 aliphatic carbocycles. The number of rotatable bonds is 7. The maximum atomic E-state index is 12.7. The molecule has 1 N–H and O–H groups in total. The number of piperidine rings is 2. The van der Waals surface area contributed by atoms with Crippen LogP contribution in [0.4, 0.5) is 5.69 Å². The van der Waals surface area contributed by atoms with Crippen LogP contribution in [0.1, 0.15) is 37.7 Å². The summed E-state index contributed by atoms with van der Waals surface area (Å²) in [5.74, 6) is 0.298. The van der Waals surface area contributed by atoms with E-state index in [4.69, 9.17) is 0 Å². The summed E-state index contributed by atoms with van der Waals surface area (Å²) in [4.78, 5) is 16.4. The molecular formula is C25H33N3OS. The number of anilines is 1. The van der Waals surface area contributed by atoms with Gasteiger partial charge in [0.2, 0.25) is 5.91 Å². The third-order valence-electron chi connectivity index (χ3n) is 6.10. The Morgan fingerprint density at radius 2 is 1.70 bits per heavy atom. The second-order valence-electron chi connectivity index (χ2n) is 8.39. The van der Waals surface area contributed by atoms with Gasteiger partial charge in [-0.05, 0) is 80.3 Å². The molecule has 2 aromatic carbocycles. The lowest BCUT2D eigenvalue weighted by Crippen LogP contribution is -2.41. The largest absolute Gasteiger partial charge is 0.372 e. The molecule has 1 amide bonds. The molecule has 2 fully saturated rings. The van der Waals surface area contributed by atoms with Gasteiger partial charge < -0.3 is 10.2 Å². The zero-order valence-corrected chi connectivity index (χ0v) is 18.6. The van der Waals surface area contributed by atoms with E-state index in [1.54, 1.807) is 11.9 Å². The molecule has 4 nitrogen and oxygen atoms in total. The first-order valence-corrected chi connectivity index (χ1v) is 12.1. The molecule has 0 radical (unpaired) electrons. The molecule has 1 atom stereocenters. The molecule has 2 aromatic rings. The summed E-state index contributed by atoms with van der Waals surface area (Å²) in [5, 5.41) is 3.15. The number of hydrogen-bond acceptors (Lipinski definition) is 4. The number of nitrogens with one attached hydrogen (secondary N) is 1. The van der Waals surface area contributed by atoms with Crippen molar-refractivity contribution in [3.8, 4) is 0 Å². The van der Waals surface area contributed by atoms with Crippen LogP contribution in [0.3, 0.4) is 0 Å². The van der Waals surface area contributed by atoms with Crippen molar-refractivity contribution in [1.29, 1.82) is 0 Å². The van der Waals surface area contributed by atoms with Crippen molar-refractivity contribution in [2.75, 3.05) is 37.6 Å². The summed E-state index contributed by atoms with van der Waals surface area (Å²) in [7, 11) is 0. The van der Waals surface area contributed by atoms with Gasteiger partial charge in [-0.25, -0.2) is 4.31 Å². The Balaban J connectivity index is 1.23. The van der Waals surface area contributed by atoms with Gasteiger partial charge in [-0.2, -0.15) is 0 Å². The van der Waals surface area contributed by atoms with Crippen molar-refractivity contribution >= 4 is 23.5 Å². The standard InChI is InChI=1S/C25H33N3OS/c29-25(26-16-15-21-8-3-1-4-9-21)22-10-7-19-28(20-22)30-24-13-11-23(12-14-24)27-17-5-2-6-18-27/h1,3-4,8-9,11-14,22H,2,5-7,10,15-20H2,(H,26,29). The summed E-state index contributed by atoms with van der Waals surface area (Å²) >= 11 is 1.80. The summed E-state index contributed by atoms with van der Waals surface area (Å²) in [6.07, 6.45) is 6.93. The minimum atomic E-state index is 0.0923. The predicted molar refractivity (Wildman–Crippen MR) is 126 cm³/mol. The molecule has 2 aliphatic rings. The molecule has 4 rings (SSSR count). The van der Waals surface area contributed by atoms with Gasteiger partial charge in [-0.1, -0.05) is 30.3 Å². The lowest BCUT2D eigenvalue weighted by Gasteiger charge is -2.31. The fraction of sp³-hybridized carbons (Fsp3) is 0.480. The Bertz CT molecular complexity index is 790. The number of nitrogens with zero attached hydrogens (tertiary/aromatic N) is 2. The third kappa shape index (κ3) is 6.02. The van der Waals surface area contributed by atoms with Crippen LogP contribution in [0.2, 0.25) is 0 Å². The monoisotopic (exact) mass is 423 g/mol. The Labute approximate surface area is 185 Å². The molecule has 2 heterocycles. The lowest BCUT2D eigenvalue weighted by molar-refractivity contribution is -0.125. The maximum absolute atomic E-state index is 12.7. The number of carbonyl (C=O) groups is 1. The minimum Gasteiger partial charge on any atom is -0.372 e. The second-order valence-corrected chi connectivity index (χ2v) is 9.56. The molecule has 0 saturated carbocycles. The Morgan fingerprint density at radius 3 is 2.47 bits per heavy atom. The lowest BCUT2D eigenvalue weighted by atomic mass is 9.99. The minimum absolute atomic E-state index is 0.0923. The highest BCUT2D eigenvalue weighted by atomic mass is 32.2. The van der Waals surface area contributed by atoms with Crippen LogP contribution in [-0.4, -0.2) is 42.9 Å². The van der Waals surface area contributed by atoms with Crippen LogP contribution in [0.5, 0.6) is 0 Å². The molecule has 0 bridgehead atoms. The number of hydrogen-bond donors (Lipinski definition) is 1. The molecule has 0 aromatic heterocycles. The first-order chi connectivity index (χ1) is 14.8. The van der Waals surface area contributed by atoms with Crippen LogP contribution < -0.4 is 10.2 Å². The van der Waals surface area contributed by atoms with Crippen molar-refractivity contribution in [3.05, 3.63) is 60.2 Å². The van der Waals surface area contributed by atoms with E-state index < -0.39 is 0 Å². The number of amides is 1. The van der Waals surface area contributed by atoms with E-state index in [1.807, 2.05) is 18.2 Å². The molecule has 160 valence electrons. The van der Waals surface area contributed by atoms with Gasteiger partial charge in [-0.3, -0.25) is 4.79 Å². The predicted octanol–water partition coefficient (Wildman–Crippen LogP) is 4.75. The van der Waals surface area contributed by atoms with E-state index in [9.17, 15) is 4.79 Å². The second kappa shape index (κ2) is 10.9. The van der Waals surface area contributed by atoms with Crippen molar-refractivity contribution < 1.29 is 4.79 Å². The van der Waals surface area contributed by atoms with Gasteiger partial charge in [0.25, 0.3) is 0 Å². The molecular weight excluding hydrogens is 390 g/mol. The summed E-state index contributed by atoms with van der Waals surface area (Å²) in [6.45, 7) is 4.95. The molecule has 0 spiro atoms. The van der Waals surface area contributed by atoms with Crippen molar-refractivity contribution in [2.24, 2.45) is 5.92 Å². The summed E-state index contributed by atoms with van der Waals surface area (Å²) < 4.78 is 2.36. The summed E-state index contributed by atoms with van der Waals surface area (Å²) in [6, 6.07) is 19.3. The zero-order valence-electron chi connectivity index (χ0n) is 17.8. The average Bonchev–Trinajstić information content (AvgIpc) is 2.81.